The van der Waals surface area contributed by atoms with Crippen molar-refractivity contribution in [2.45, 2.75) is 76.5 Å². The molecule has 6 heteroatoms. The smallest absolute Gasteiger partial charge is 0.217 e. The highest BCUT2D eigenvalue weighted by Gasteiger charge is 2.37. The molecule has 1 aliphatic carbocycles. The van der Waals surface area contributed by atoms with Gasteiger partial charge < -0.3 is 15.7 Å². The van der Waals surface area contributed by atoms with Crippen molar-refractivity contribution in [3.05, 3.63) is 88.7 Å². The fourth-order valence-corrected chi connectivity index (χ4v) is 5.12. The van der Waals surface area contributed by atoms with Gasteiger partial charge >= 0.3 is 0 Å². The van der Waals surface area contributed by atoms with Crippen molar-refractivity contribution >= 4 is 5.91 Å². The average Bonchev–Trinajstić information content (AvgIpc) is 3.30. The molecule has 0 bridgehead atoms. The first-order valence-electron chi connectivity index (χ1n) is 12.5. The Labute approximate surface area is 208 Å². The van der Waals surface area contributed by atoms with E-state index < -0.39 is 6.10 Å². The number of fused-ring (bicyclic) bond motifs is 1. The Morgan fingerprint density at radius 1 is 1.17 bits per heavy atom. The van der Waals surface area contributed by atoms with Crippen LogP contribution in [0.1, 0.15) is 74.5 Å². The van der Waals surface area contributed by atoms with Gasteiger partial charge in [-0.15, -0.1) is 0 Å². The maximum absolute atomic E-state index is 11.8. The lowest BCUT2D eigenvalue weighted by atomic mass is 9.74. The zero-order chi connectivity index (χ0) is 25.1. The number of amides is 1. The van der Waals surface area contributed by atoms with Gasteiger partial charge in [0, 0.05) is 24.7 Å². The number of aliphatic hydroxyl groups is 1. The van der Waals surface area contributed by atoms with Gasteiger partial charge in [0.25, 0.3) is 0 Å². The predicted octanol–water partition coefficient (Wildman–Crippen LogP) is 4.31. The standard InChI is InChI=1S/C29H38N4O2/c1-20(34)32-27(21-9-6-5-7-10-21)16-25(35)19-30-29(14-13-26-22(17-29)18-31-33-26)24-12-8-11-23(15-24)28(2,3)4/h5-12,15,18,25,27,30,35H,13-14,16-17,19H2,1-4H3,(H,31,33)(H,32,34). The summed E-state index contributed by atoms with van der Waals surface area (Å²) in [5.41, 5.74) is 5.71. The van der Waals surface area contributed by atoms with E-state index in [1.807, 2.05) is 36.5 Å². The van der Waals surface area contributed by atoms with Crippen molar-refractivity contribution in [2.24, 2.45) is 0 Å². The number of aromatic nitrogens is 2. The number of benzene rings is 2. The first-order valence-corrected chi connectivity index (χ1v) is 12.5. The third-order valence-corrected chi connectivity index (χ3v) is 7.15. The molecule has 3 unspecified atom stereocenters. The molecule has 4 rings (SSSR count). The SMILES string of the molecule is CC(=O)NC(CC(O)CNC1(c2cccc(C(C)(C)C)c2)CCc2[nH]ncc2C1)c1ccccc1. The van der Waals surface area contributed by atoms with E-state index in [2.05, 4.69) is 65.9 Å². The molecular formula is C29H38N4O2. The second-order valence-corrected chi connectivity index (χ2v) is 10.9. The topological polar surface area (TPSA) is 90.0 Å². The lowest BCUT2D eigenvalue weighted by molar-refractivity contribution is -0.119. The monoisotopic (exact) mass is 474 g/mol. The number of hydrogen-bond donors (Lipinski definition) is 4. The summed E-state index contributed by atoms with van der Waals surface area (Å²) < 4.78 is 0. The number of nitrogens with one attached hydrogen (secondary N) is 3. The molecule has 0 saturated heterocycles. The summed E-state index contributed by atoms with van der Waals surface area (Å²) in [4.78, 5) is 11.8. The average molecular weight is 475 g/mol. The molecule has 186 valence electrons. The van der Waals surface area contributed by atoms with Crippen LogP contribution in [0.5, 0.6) is 0 Å². The van der Waals surface area contributed by atoms with E-state index in [9.17, 15) is 9.90 Å². The second-order valence-electron chi connectivity index (χ2n) is 10.9. The summed E-state index contributed by atoms with van der Waals surface area (Å²) in [5, 5.41) is 25.3. The van der Waals surface area contributed by atoms with Crippen molar-refractivity contribution < 1.29 is 9.90 Å². The lowest BCUT2D eigenvalue weighted by Crippen LogP contribution is -2.49. The first kappa shape index (κ1) is 25.1. The molecule has 2 aromatic carbocycles. The van der Waals surface area contributed by atoms with Crippen LogP contribution in [0.3, 0.4) is 0 Å². The van der Waals surface area contributed by atoms with Crippen molar-refractivity contribution in [2.75, 3.05) is 6.54 Å². The van der Waals surface area contributed by atoms with Gasteiger partial charge in [-0.2, -0.15) is 5.10 Å². The Hall–Kier alpha value is -2.96. The minimum absolute atomic E-state index is 0.0491. The largest absolute Gasteiger partial charge is 0.392 e. The number of aliphatic hydroxyl groups excluding tert-OH is 1. The highest BCUT2D eigenvalue weighted by Crippen LogP contribution is 2.37. The zero-order valence-corrected chi connectivity index (χ0v) is 21.3. The quantitative estimate of drug-likeness (QED) is 0.392. The zero-order valence-electron chi connectivity index (χ0n) is 21.3. The molecule has 0 radical (unpaired) electrons. The van der Waals surface area contributed by atoms with Crippen LogP contribution in [0.15, 0.2) is 60.8 Å². The summed E-state index contributed by atoms with van der Waals surface area (Å²) in [7, 11) is 0. The van der Waals surface area contributed by atoms with E-state index in [1.165, 1.54) is 29.3 Å². The normalized spacial score (nSPS) is 19.6. The van der Waals surface area contributed by atoms with Crippen molar-refractivity contribution in [3.63, 3.8) is 0 Å². The molecule has 1 amide bonds. The molecule has 6 nitrogen and oxygen atoms in total. The minimum atomic E-state index is -0.625. The fourth-order valence-electron chi connectivity index (χ4n) is 5.12. The first-order chi connectivity index (χ1) is 16.7. The fraction of sp³-hybridized carbons (Fsp3) is 0.448. The lowest BCUT2D eigenvalue weighted by Gasteiger charge is -2.40. The number of rotatable bonds is 8. The van der Waals surface area contributed by atoms with Crippen molar-refractivity contribution in [3.8, 4) is 0 Å². The molecule has 4 N–H and O–H groups in total. The summed E-state index contributed by atoms with van der Waals surface area (Å²) in [5.74, 6) is -0.103. The molecule has 3 atom stereocenters. The Bertz CT molecular complexity index is 1130. The van der Waals surface area contributed by atoms with Crippen LogP contribution >= 0.6 is 0 Å². The van der Waals surface area contributed by atoms with Crippen LogP contribution in [0.4, 0.5) is 0 Å². The molecule has 1 aromatic heterocycles. The van der Waals surface area contributed by atoms with E-state index in [0.29, 0.717) is 13.0 Å². The van der Waals surface area contributed by atoms with Gasteiger partial charge in [0.15, 0.2) is 0 Å². The Morgan fingerprint density at radius 3 is 2.66 bits per heavy atom. The Balaban J connectivity index is 1.56. The number of hydrogen-bond acceptors (Lipinski definition) is 4. The van der Waals surface area contributed by atoms with Gasteiger partial charge in [-0.25, -0.2) is 0 Å². The van der Waals surface area contributed by atoms with Gasteiger partial charge in [0.1, 0.15) is 0 Å². The summed E-state index contributed by atoms with van der Waals surface area (Å²) >= 11 is 0. The summed E-state index contributed by atoms with van der Waals surface area (Å²) in [6, 6.07) is 18.4. The number of aromatic amines is 1. The number of carbonyl (C=O) groups excluding carboxylic acids is 1. The van der Waals surface area contributed by atoms with E-state index in [0.717, 1.165) is 24.8 Å². The molecule has 1 heterocycles. The highest BCUT2D eigenvalue weighted by atomic mass is 16.3. The molecular weight excluding hydrogens is 436 g/mol. The van der Waals surface area contributed by atoms with Crippen LogP contribution in [-0.2, 0) is 28.6 Å². The maximum atomic E-state index is 11.8. The Kier molecular flexibility index (Phi) is 7.43. The van der Waals surface area contributed by atoms with Crippen LogP contribution < -0.4 is 10.6 Å². The predicted molar refractivity (Wildman–Crippen MR) is 139 cm³/mol. The molecule has 35 heavy (non-hydrogen) atoms. The van der Waals surface area contributed by atoms with Gasteiger partial charge in [-0.3, -0.25) is 9.89 Å². The molecule has 0 spiro atoms. The van der Waals surface area contributed by atoms with Gasteiger partial charge in [-0.1, -0.05) is 75.4 Å². The van der Waals surface area contributed by atoms with Gasteiger partial charge in [0.05, 0.1) is 18.3 Å². The second kappa shape index (κ2) is 10.3. The van der Waals surface area contributed by atoms with Crippen LogP contribution in [0, 0.1) is 0 Å². The molecule has 0 saturated carbocycles. The number of carbonyl (C=O) groups is 1. The molecule has 1 aliphatic rings. The van der Waals surface area contributed by atoms with E-state index in [4.69, 9.17) is 0 Å². The summed E-state index contributed by atoms with van der Waals surface area (Å²) in [6.07, 6.45) is 4.36. The Morgan fingerprint density at radius 2 is 1.94 bits per heavy atom. The number of aryl methyl sites for hydroxylation is 1. The molecule has 0 aliphatic heterocycles. The van der Waals surface area contributed by atoms with E-state index in [-0.39, 0.29) is 22.9 Å². The van der Waals surface area contributed by atoms with Gasteiger partial charge in [0.2, 0.25) is 5.91 Å². The van der Waals surface area contributed by atoms with Crippen LogP contribution in [-0.4, -0.2) is 33.9 Å². The van der Waals surface area contributed by atoms with Gasteiger partial charge in [-0.05, 0) is 53.4 Å². The highest BCUT2D eigenvalue weighted by molar-refractivity contribution is 5.73. The minimum Gasteiger partial charge on any atom is -0.392 e. The third kappa shape index (κ3) is 6.00. The van der Waals surface area contributed by atoms with Crippen molar-refractivity contribution in [1.82, 2.24) is 20.8 Å². The molecule has 3 aromatic rings. The number of nitrogens with zero attached hydrogens (tertiary/aromatic N) is 1. The van der Waals surface area contributed by atoms with Crippen LogP contribution in [0.2, 0.25) is 0 Å². The summed E-state index contributed by atoms with van der Waals surface area (Å²) in [6.45, 7) is 8.64. The molecule has 0 fully saturated rings. The van der Waals surface area contributed by atoms with Crippen LogP contribution in [0.25, 0.3) is 0 Å². The number of H-pyrrole nitrogens is 1. The van der Waals surface area contributed by atoms with E-state index in [1.54, 1.807) is 0 Å². The van der Waals surface area contributed by atoms with E-state index >= 15 is 0 Å². The third-order valence-electron chi connectivity index (χ3n) is 7.15. The van der Waals surface area contributed by atoms with Crippen molar-refractivity contribution in [1.29, 1.82) is 0 Å². The maximum Gasteiger partial charge on any atom is 0.217 e.